The standard InChI is InChI=1S/C23H23N5O2/c24-22-21-23(29)27-18-6-1-2-7-20(18)28-10-8-15(9-11-28)14-30-17-5-3-4-16(12-17)19(26-21)13-25-22/h1-7,12-13,15H,8-11,14H2,(H2,24,25)(H,27,29). The fourth-order valence-electron chi connectivity index (χ4n) is 4.04. The maximum atomic E-state index is 13.0. The van der Waals surface area contributed by atoms with Gasteiger partial charge in [0.2, 0.25) is 0 Å². The van der Waals surface area contributed by atoms with Crippen molar-refractivity contribution in [2.24, 2.45) is 5.92 Å². The number of piperidine rings is 1. The number of nitrogens with one attached hydrogen (secondary N) is 1. The van der Waals surface area contributed by atoms with Crippen molar-refractivity contribution in [3.8, 4) is 17.0 Å². The van der Waals surface area contributed by atoms with E-state index in [1.165, 1.54) is 0 Å². The fourth-order valence-corrected chi connectivity index (χ4v) is 4.04. The van der Waals surface area contributed by atoms with Gasteiger partial charge < -0.3 is 20.7 Å². The molecule has 30 heavy (non-hydrogen) atoms. The van der Waals surface area contributed by atoms with Gasteiger partial charge in [-0.25, -0.2) is 9.97 Å². The normalized spacial score (nSPS) is 16.5. The van der Waals surface area contributed by atoms with Gasteiger partial charge in [-0.15, -0.1) is 0 Å². The van der Waals surface area contributed by atoms with Gasteiger partial charge in [0.1, 0.15) is 5.75 Å². The molecule has 1 amide bonds. The molecule has 0 unspecified atom stereocenters. The summed E-state index contributed by atoms with van der Waals surface area (Å²) in [5.41, 5.74) is 9.26. The van der Waals surface area contributed by atoms with Gasteiger partial charge in [-0.1, -0.05) is 24.3 Å². The minimum absolute atomic E-state index is 0.100. The van der Waals surface area contributed by atoms with Crippen molar-refractivity contribution >= 4 is 23.1 Å². The van der Waals surface area contributed by atoms with Crippen LogP contribution in [0.1, 0.15) is 23.3 Å². The van der Waals surface area contributed by atoms with Crippen LogP contribution in [-0.4, -0.2) is 35.6 Å². The molecule has 3 aromatic rings. The summed E-state index contributed by atoms with van der Waals surface area (Å²) >= 11 is 0. The Balaban J connectivity index is 1.59. The van der Waals surface area contributed by atoms with E-state index in [0.717, 1.165) is 48.6 Å². The van der Waals surface area contributed by atoms with Crippen LogP contribution in [-0.2, 0) is 0 Å². The molecule has 7 heteroatoms. The number of rotatable bonds is 0. The molecule has 0 atom stereocenters. The van der Waals surface area contributed by atoms with Crippen molar-refractivity contribution in [1.29, 1.82) is 0 Å². The number of para-hydroxylation sites is 2. The molecule has 2 aromatic carbocycles. The minimum Gasteiger partial charge on any atom is -0.493 e. The predicted octanol–water partition coefficient (Wildman–Crippen LogP) is 3.59. The van der Waals surface area contributed by atoms with E-state index in [4.69, 9.17) is 10.5 Å². The van der Waals surface area contributed by atoms with Crippen molar-refractivity contribution in [2.75, 3.05) is 35.6 Å². The topological polar surface area (TPSA) is 93.4 Å². The van der Waals surface area contributed by atoms with Gasteiger partial charge >= 0.3 is 0 Å². The number of hydrogen-bond acceptors (Lipinski definition) is 6. The summed E-state index contributed by atoms with van der Waals surface area (Å²) in [4.78, 5) is 24.1. The van der Waals surface area contributed by atoms with Gasteiger partial charge in [0.15, 0.2) is 11.5 Å². The van der Waals surface area contributed by atoms with Gasteiger partial charge in [0.05, 0.1) is 29.9 Å². The zero-order chi connectivity index (χ0) is 20.5. The lowest BCUT2D eigenvalue weighted by molar-refractivity contribution is 0.102. The maximum absolute atomic E-state index is 13.0. The summed E-state index contributed by atoms with van der Waals surface area (Å²) in [6, 6.07) is 15.5. The highest BCUT2D eigenvalue weighted by Crippen LogP contribution is 2.31. The molecule has 0 saturated carbocycles. The van der Waals surface area contributed by atoms with Crippen LogP contribution in [0.5, 0.6) is 5.75 Å². The molecule has 0 radical (unpaired) electrons. The Bertz CT molecular complexity index is 1090. The quantitative estimate of drug-likeness (QED) is 0.598. The average molecular weight is 401 g/mol. The second kappa shape index (κ2) is 7.67. The zero-order valence-corrected chi connectivity index (χ0v) is 16.5. The van der Waals surface area contributed by atoms with Crippen LogP contribution in [0.15, 0.2) is 54.7 Å². The molecule has 4 heterocycles. The molecular weight excluding hydrogens is 378 g/mol. The molecule has 3 aliphatic rings. The van der Waals surface area contributed by atoms with Crippen LogP contribution in [0.25, 0.3) is 11.3 Å². The Kier molecular flexibility index (Phi) is 4.71. The molecule has 1 saturated heterocycles. The van der Waals surface area contributed by atoms with Gasteiger partial charge in [-0.3, -0.25) is 4.79 Å². The number of carbonyl (C=O) groups is 1. The lowest BCUT2D eigenvalue weighted by atomic mass is 9.97. The number of anilines is 3. The molecule has 7 nitrogen and oxygen atoms in total. The number of nitrogens with two attached hydrogens (primary N) is 1. The molecule has 1 aromatic heterocycles. The predicted molar refractivity (Wildman–Crippen MR) is 117 cm³/mol. The summed E-state index contributed by atoms with van der Waals surface area (Å²) in [6.07, 6.45) is 3.66. The highest BCUT2D eigenvalue weighted by Gasteiger charge is 2.23. The van der Waals surface area contributed by atoms with Crippen LogP contribution in [0, 0.1) is 5.92 Å². The number of nitrogen functional groups attached to an aromatic ring is 1. The number of benzene rings is 2. The molecule has 1 fully saturated rings. The van der Waals surface area contributed by atoms with Crippen molar-refractivity contribution in [2.45, 2.75) is 12.8 Å². The van der Waals surface area contributed by atoms with Crippen molar-refractivity contribution in [3.63, 3.8) is 0 Å². The second-order valence-electron chi connectivity index (χ2n) is 7.73. The van der Waals surface area contributed by atoms with Gasteiger partial charge in [0, 0.05) is 18.7 Å². The third-order valence-electron chi connectivity index (χ3n) is 5.74. The van der Waals surface area contributed by atoms with Gasteiger partial charge in [-0.2, -0.15) is 0 Å². The molecule has 0 aliphatic carbocycles. The first-order valence-corrected chi connectivity index (χ1v) is 10.2. The molecular formula is C23H23N5O2. The fraction of sp³-hybridized carbons (Fsp3) is 0.261. The first kappa shape index (κ1) is 18.4. The average Bonchev–Trinajstić information content (AvgIpc) is 2.78. The Labute approximate surface area is 174 Å². The Morgan fingerprint density at radius 2 is 1.93 bits per heavy atom. The number of amides is 1. The number of ether oxygens (including phenoxy) is 1. The highest BCUT2D eigenvalue weighted by molar-refractivity contribution is 6.07. The van der Waals surface area contributed by atoms with E-state index in [1.807, 2.05) is 48.5 Å². The Morgan fingerprint density at radius 1 is 1.10 bits per heavy atom. The second-order valence-corrected chi connectivity index (χ2v) is 7.73. The van der Waals surface area contributed by atoms with Crippen LogP contribution in [0.4, 0.5) is 17.2 Å². The van der Waals surface area contributed by atoms with E-state index >= 15 is 0 Å². The van der Waals surface area contributed by atoms with Crippen LogP contribution in [0.3, 0.4) is 0 Å². The molecule has 3 aliphatic heterocycles. The van der Waals surface area contributed by atoms with E-state index in [-0.39, 0.29) is 17.4 Å². The van der Waals surface area contributed by atoms with Crippen LogP contribution in [0.2, 0.25) is 0 Å². The first-order chi connectivity index (χ1) is 14.7. The van der Waals surface area contributed by atoms with Crippen molar-refractivity contribution < 1.29 is 9.53 Å². The lowest BCUT2D eigenvalue weighted by Crippen LogP contribution is -2.36. The number of nitrogens with zero attached hydrogens (tertiary/aromatic N) is 3. The smallest absolute Gasteiger partial charge is 0.278 e. The van der Waals surface area contributed by atoms with E-state index in [1.54, 1.807) is 6.20 Å². The summed E-state index contributed by atoms with van der Waals surface area (Å²) in [7, 11) is 0. The summed E-state index contributed by atoms with van der Waals surface area (Å²) in [6.45, 7) is 2.52. The largest absolute Gasteiger partial charge is 0.493 e. The van der Waals surface area contributed by atoms with E-state index < -0.39 is 0 Å². The van der Waals surface area contributed by atoms with Gasteiger partial charge in [-0.05, 0) is 43.0 Å². The first-order valence-electron chi connectivity index (χ1n) is 10.2. The highest BCUT2D eigenvalue weighted by atomic mass is 16.5. The van der Waals surface area contributed by atoms with Crippen molar-refractivity contribution in [1.82, 2.24) is 9.97 Å². The Morgan fingerprint density at radius 3 is 2.80 bits per heavy atom. The van der Waals surface area contributed by atoms with E-state index in [9.17, 15) is 4.79 Å². The van der Waals surface area contributed by atoms with Gasteiger partial charge in [0.25, 0.3) is 5.91 Å². The summed E-state index contributed by atoms with van der Waals surface area (Å²) < 4.78 is 6.09. The molecule has 6 rings (SSSR count). The number of aromatic nitrogens is 2. The third-order valence-corrected chi connectivity index (χ3v) is 5.74. The van der Waals surface area contributed by atoms with Crippen LogP contribution >= 0.6 is 0 Å². The van der Waals surface area contributed by atoms with Crippen LogP contribution < -0.4 is 20.7 Å². The SMILES string of the molecule is Nc1ncc2nc1C(=O)Nc1ccccc1N1CCC(CC1)COc1cccc-2c1. The Hall–Kier alpha value is -3.61. The molecule has 152 valence electrons. The van der Waals surface area contributed by atoms with E-state index in [0.29, 0.717) is 18.2 Å². The summed E-state index contributed by atoms with van der Waals surface area (Å²) in [5, 5.41) is 2.99. The minimum atomic E-state index is -0.372. The molecule has 6 bridgehead atoms. The number of carbonyl (C=O) groups excluding carboxylic acids is 1. The van der Waals surface area contributed by atoms with E-state index in [2.05, 4.69) is 20.2 Å². The number of hydrogen-bond donors (Lipinski definition) is 2. The number of fused-ring (bicyclic) bond motifs is 4. The monoisotopic (exact) mass is 401 g/mol. The maximum Gasteiger partial charge on any atom is 0.278 e. The molecule has 3 N–H and O–H groups in total. The zero-order valence-electron chi connectivity index (χ0n) is 16.5. The van der Waals surface area contributed by atoms with Crippen molar-refractivity contribution in [3.05, 3.63) is 60.4 Å². The summed E-state index contributed by atoms with van der Waals surface area (Å²) in [5.74, 6) is 1.02. The molecule has 0 spiro atoms. The lowest BCUT2D eigenvalue weighted by Gasteiger charge is -2.34. The third kappa shape index (κ3) is 3.54.